The number of carbonyl (C=O) groups is 1. The molecule has 0 unspecified atom stereocenters. The average molecular weight is 399 g/mol. The molecule has 9 nitrogen and oxygen atoms in total. The minimum absolute atomic E-state index is 0.0982. The molecule has 0 aliphatic rings. The zero-order chi connectivity index (χ0) is 20.9. The van der Waals surface area contributed by atoms with E-state index in [0.717, 1.165) is 10.3 Å². The van der Waals surface area contributed by atoms with Crippen molar-refractivity contribution in [2.75, 3.05) is 7.11 Å². The van der Waals surface area contributed by atoms with Gasteiger partial charge in [-0.05, 0) is 31.2 Å². The van der Waals surface area contributed by atoms with Crippen LogP contribution in [0.5, 0.6) is 0 Å². The fourth-order valence-corrected chi connectivity index (χ4v) is 3.42. The van der Waals surface area contributed by atoms with Crippen LogP contribution in [0.4, 0.5) is 4.39 Å². The van der Waals surface area contributed by atoms with Crippen LogP contribution in [0, 0.1) is 12.7 Å². The molecule has 3 aromatic heterocycles. The molecule has 1 aromatic carbocycles. The summed E-state index contributed by atoms with van der Waals surface area (Å²) >= 11 is 0. The van der Waals surface area contributed by atoms with Gasteiger partial charge in [0.25, 0.3) is 5.56 Å². The lowest BCUT2D eigenvalue weighted by molar-refractivity contribution is -0.140. The molecule has 3 heterocycles. The third-order valence-electron chi connectivity index (χ3n) is 4.88. The standard InChI is InChI=1S/C19H18FN5O4/c1-11-10-24-15-16(21-18(24)25(11)13-6-4-12(20)5-7-13)22(2)19(28)23(17(15)27)9-8-14(26)29-3/h4-7,10H,8-9H2,1-3H3. The molecule has 0 atom stereocenters. The minimum Gasteiger partial charge on any atom is -0.469 e. The quantitative estimate of drug-likeness (QED) is 0.480. The Morgan fingerprint density at radius 3 is 2.55 bits per heavy atom. The van der Waals surface area contributed by atoms with Crippen LogP contribution in [0.3, 0.4) is 0 Å². The van der Waals surface area contributed by atoms with Gasteiger partial charge in [-0.2, -0.15) is 4.98 Å². The number of aryl methyl sites for hydroxylation is 2. The molecule has 4 rings (SSSR count). The lowest BCUT2D eigenvalue weighted by Crippen LogP contribution is -2.39. The van der Waals surface area contributed by atoms with Gasteiger partial charge in [-0.1, -0.05) is 0 Å². The topological polar surface area (TPSA) is 92.5 Å². The highest BCUT2D eigenvalue weighted by Gasteiger charge is 2.21. The number of carbonyl (C=O) groups excluding carboxylic acids is 1. The van der Waals surface area contributed by atoms with E-state index >= 15 is 0 Å². The zero-order valence-electron chi connectivity index (χ0n) is 16.0. The fourth-order valence-electron chi connectivity index (χ4n) is 3.42. The maximum absolute atomic E-state index is 13.3. The molecule has 0 aliphatic heterocycles. The van der Waals surface area contributed by atoms with E-state index in [1.807, 2.05) is 6.92 Å². The molecule has 4 aromatic rings. The van der Waals surface area contributed by atoms with Crippen LogP contribution in [-0.4, -0.2) is 36.2 Å². The lowest BCUT2D eigenvalue weighted by atomic mass is 10.3. The van der Waals surface area contributed by atoms with Gasteiger partial charge in [0.2, 0.25) is 5.78 Å². The molecule has 0 fully saturated rings. The van der Waals surface area contributed by atoms with Crippen LogP contribution in [0.1, 0.15) is 12.1 Å². The number of fused-ring (bicyclic) bond motifs is 3. The Balaban J connectivity index is 1.99. The van der Waals surface area contributed by atoms with Crippen LogP contribution >= 0.6 is 0 Å². The van der Waals surface area contributed by atoms with E-state index in [2.05, 4.69) is 9.72 Å². The molecule has 0 amide bonds. The highest BCUT2D eigenvalue weighted by atomic mass is 19.1. The van der Waals surface area contributed by atoms with Crippen LogP contribution in [0.2, 0.25) is 0 Å². The summed E-state index contributed by atoms with van der Waals surface area (Å²) in [5.74, 6) is -0.461. The molecule has 0 bridgehead atoms. The van der Waals surface area contributed by atoms with E-state index in [1.165, 1.54) is 30.9 Å². The minimum atomic E-state index is -0.572. The summed E-state index contributed by atoms with van der Waals surface area (Å²) in [6.07, 6.45) is 1.62. The van der Waals surface area contributed by atoms with Gasteiger partial charge in [-0.3, -0.25) is 27.7 Å². The van der Waals surface area contributed by atoms with E-state index in [9.17, 15) is 18.8 Å². The second-order valence-electron chi connectivity index (χ2n) is 6.66. The average Bonchev–Trinajstić information content (AvgIpc) is 3.21. The summed E-state index contributed by atoms with van der Waals surface area (Å²) in [7, 11) is 2.76. The normalized spacial score (nSPS) is 11.4. The molecule has 29 heavy (non-hydrogen) atoms. The SMILES string of the molecule is COC(=O)CCn1c(=O)c2c(nc3n(-c4ccc(F)cc4)c(C)cn23)n(C)c1=O. The van der Waals surface area contributed by atoms with Crippen molar-refractivity contribution in [3.63, 3.8) is 0 Å². The summed E-state index contributed by atoms with van der Waals surface area (Å²) in [4.78, 5) is 41.6. The van der Waals surface area contributed by atoms with Crippen LogP contribution < -0.4 is 11.2 Å². The highest BCUT2D eigenvalue weighted by Crippen LogP contribution is 2.21. The van der Waals surface area contributed by atoms with Gasteiger partial charge in [0.05, 0.1) is 13.5 Å². The number of imidazole rings is 2. The Labute approximate surface area is 163 Å². The van der Waals surface area contributed by atoms with Crippen molar-refractivity contribution < 1.29 is 13.9 Å². The summed E-state index contributed by atoms with van der Waals surface area (Å²) in [5.41, 5.74) is 0.768. The Bertz CT molecular complexity index is 1370. The molecular weight excluding hydrogens is 381 g/mol. The van der Waals surface area contributed by atoms with Crippen LogP contribution in [0.25, 0.3) is 22.6 Å². The molecule has 0 spiro atoms. The van der Waals surface area contributed by atoms with Crippen LogP contribution in [-0.2, 0) is 23.1 Å². The molecule has 0 saturated heterocycles. The molecule has 10 heteroatoms. The van der Waals surface area contributed by atoms with E-state index < -0.39 is 17.2 Å². The number of benzene rings is 1. The number of hydrogen-bond donors (Lipinski definition) is 0. The first kappa shape index (κ1) is 18.7. The summed E-state index contributed by atoms with van der Waals surface area (Å²) in [5, 5.41) is 0. The second-order valence-corrected chi connectivity index (χ2v) is 6.66. The second kappa shape index (κ2) is 6.73. The molecule has 150 valence electrons. The van der Waals surface area contributed by atoms with Crippen molar-refractivity contribution in [1.29, 1.82) is 0 Å². The molecule has 0 radical (unpaired) electrons. The third-order valence-corrected chi connectivity index (χ3v) is 4.88. The number of esters is 1. The number of aromatic nitrogens is 5. The van der Waals surface area contributed by atoms with Crippen molar-refractivity contribution in [2.24, 2.45) is 7.05 Å². The molecule has 0 N–H and O–H groups in total. The lowest BCUT2D eigenvalue weighted by Gasteiger charge is -2.07. The van der Waals surface area contributed by atoms with E-state index in [1.54, 1.807) is 27.3 Å². The maximum Gasteiger partial charge on any atom is 0.332 e. The van der Waals surface area contributed by atoms with Crippen molar-refractivity contribution in [3.8, 4) is 5.69 Å². The maximum atomic E-state index is 13.3. The zero-order valence-corrected chi connectivity index (χ0v) is 16.0. The van der Waals surface area contributed by atoms with Gasteiger partial charge in [0, 0.05) is 31.2 Å². The van der Waals surface area contributed by atoms with Crippen molar-refractivity contribution in [3.05, 3.63) is 62.8 Å². The number of hydrogen-bond acceptors (Lipinski definition) is 5. The Morgan fingerprint density at radius 1 is 1.21 bits per heavy atom. The Kier molecular flexibility index (Phi) is 4.33. The highest BCUT2D eigenvalue weighted by molar-refractivity contribution is 5.76. The summed E-state index contributed by atoms with van der Waals surface area (Å²) < 4.78 is 23.5. The number of halogens is 1. The van der Waals surface area contributed by atoms with Crippen molar-refractivity contribution in [1.82, 2.24) is 23.1 Å². The van der Waals surface area contributed by atoms with Gasteiger partial charge >= 0.3 is 11.7 Å². The van der Waals surface area contributed by atoms with Gasteiger partial charge in [0.15, 0.2) is 11.2 Å². The van der Waals surface area contributed by atoms with Crippen molar-refractivity contribution >= 4 is 22.9 Å². The van der Waals surface area contributed by atoms with Gasteiger partial charge in [-0.25, -0.2) is 9.18 Å². The summed E-state index contributed by atoms with van der Waals surface area (Å²) in [6.45, 7) is 1.74. The number of nitrogens with zero attached hydrogens (tertiary/aromatic N) is 5. The fraction of sp³-hybridized carbons (Fsp3) is 0.263. The largest absolute Gasteiger partial charge is 0.469 e. The monoisotopic (exact) mass is 399 g/mol. The molecular formula is C19H18FN5O4. The predicted molar refractivity (Wildman–Crippen MR) is 103 cm³/mol. The number of methoxy groups -OCH3 is 1. The van der Waals surface area contributed by atoms with Crippen LogP contribution in [0.15, 0.2) is 40.1 Å². The van der Waals surface area contributed by atoms with E-state index in [-0.39, 0.29) is 29.9 Å². The first-order valence-corrected chi connectivity index (χ1v) is 8.86. The van der Waals surface area contributed by atoms with Crippen molar-refractivity contribution in [2.45, 2.75) is 19.9 Å². The summed E-state index contributed by atoms with van der Waals surface area (Å²) in [6, 6.07) is 5.89. The van der Waals surface area contributed by atoms with Gasteiger partial charge < -0.3 is 4.74 Å². The Hall–Kier alpha value is -3.69. The third kappa shape index (κ3) is 2.84. The Morgan fingerprint density at radius 2 is 1.90 bits per heavy atom. The van der Waals surface area contributed by atoms with Gasteiger partial charge in [-0.15, -0.1) is 0 Å². The molecule has 0 aliphatic carbocycles. The predicted octanol–water partition coefficient (Wildman–Crippen LogP) is 1.15. The number of ether oxygens (including phenoxy) is 1. The van der Waals surface area contributed by atoms with Gasteiger partial charge in [0.1, 0.15) is 5.82 Å². The smallest absolute Gasteiger partial charge is 0.332 e. The van der Waals surface area contributed by atoms with E-state index in [4.69, 9.17) is 0 Å². The number of rotatable bonds is 4. The van der Waals surface area contributed by atoms with E-state index in [0.29, 0.717) is 11.5 Å². The molecule has 0 saturated carbocycles. The first-order chi connectivity index (χ1) is 13.8. The first-order valence-electron chi connectivity index (χ1n) is 8.86.